The average molecular weight is 757 g/mol. The SMILES string of the molecule is CC(CCOC(=O)c1c(Cl)c(Cl)cc(Cl)c1OC(=O)C(=O)Oc1c(Cl)cc(Cl)c(Cl)c1C(=O)OCCC(C)CC1CC1)CC1CC1. The normalized spacial score (nSPS) is 15.6. The van der Waals surface area contributed by atoms with Crippen molar-refractivity contribution in [2.45, 2.75) is 65.2 Å². The molecule has 2 aromatic carbocycles. The molecule has 2 atom stereocenters. The van der Waals surface area contributed by atoms with Gasteiger partial charge in [0.25, 0.3) is 0 Å². The lowest BCUT2D eigenvalue weighted by Crippen LogP contribution is -2.27. The molecule has 2 aliphatic rings. The van der Waals surface area contributed by atoms with Crippen molar-refractivity contribution in [1.29, 1.82) is 0 Å². The van der Waals surface area contributed by atoms with Crippen LogP contribution in [0.4, 0.5) is 0 Å². The minimum atomic E-state index is -1.64. The van der Waals surface area contributed by atoms with Gasteiger partial charge >= 0.3 is 23.9 Å². The van der Waals surface area contributed by atoms with Crippen LogP contribution in [0.5, 0.6) is 11.5 Å². The molecule has 2 saturated carbocycles. The zero-order valence-corrected chi connectivity index (χ0v) is 29.6. The van der Waals surface area contributed by atoms with E-state index in [1.165, 1.54) is 25.7 Å². The van der Waals surface area contributed by atoms with Gasteiger partial charge in [-0.15, -0.1) is 0 Å². The third-order valence-electron chi connectivity index (χ3n) is 7.77. The number of rotatable bonds is 14. The molecule has 0 N–H and O–H groups in total. The van der Waals surface area contributed by atoms with Crippen molar-refractivity contribution in [3.05, 3.63) is 53.4 Å². The Hall–Kier alpha value is -1.94. The van der Waals surface area contributed by atoms with E-state index in [0.29, 0.717) is 36.5 Å². The lowest BCUT2D eigenvalue weighted by Gasteiger charge is -2.16. The van der Waals surface area contributed by atoms with Crippen molar-refractivity contribution in [2.75, 3.05) is 13.2 Å². The van der Waals surface area contributed by atoms with Gasteiger partial charge in [-0.05, 0) is 61.5 Å². The Bertz CT molecular complexity index is 1390. The van der Waals surface area contributed by atoms with Crippen LogP contribution in [-0.2, 0) is 19.1 Å². The number of carbonyl (C=O) groups is 4. The second kappa shape index (κ2) is 16.4. The lowest BCUT2D eigenvalue weighted by atomic mass is 10.0. The molecule has 0 spiro atoms. The van der Waals surface area contributed by atoms with Crippen LogP contribution in [0.15, 0.2) is 12.1 Å². The van der Waals surface area contributed by atoms with E-state index >= 15 is 0 Å². The standard InChI is InChI=1S/C32H32Cl6O8/c1-15(11-17-3-4-17)7-9-43-29(39)23-25(37)19(33)13-21(35)27(23)45-31(41)32(42)46-28-22(36)14-20(34)26(38)24(28)30(40)44-10-8-16(2)12-18-5-6-18/h13-18H,3-12H2,1-2H3. The molecule has 0 bridgehead atoms. The molecule has 0 aromatic heterocycles. The van der Waals surface area contributed by atoms with Gasteiger partial charge in [0.1, 0.15) is 11.1 Å². The summed E-state index contributed by atoms with van der Waals surface area (Å²) in [7, 11) is 0. The summed E-state index contributed by atoms with van der Waals surface area (Å²) < 4.78 is 21.1. The first-order valence-electron chi connectivity index (χ1n) is 14.9. The van der Waals surface area contributed by atoms with Crippen molar-refractivity contribution in [1.82, 2.24) is 0 Å². The van der Waals surface area contributed by atoms with Crippen molar-refractivity contribution < 1.29 is 38.1 Å². The molecular weight excluding hydrogens is 725 g/mol. The highest BCUT2D eigenvalue weighted by atomic mass is 35.5. The summed E-state index contributed by atoms with van der Waals surface area (Å²) in [6, 6.07) is 2.26. The van der Waals surface area contributed by atoms with Gasteiger partial charge in [0.15, 0.2) is 11.5 Å². The van der Waals surface area contributed by atoms with Crippen LogP contribution in [0.2, 0.25) is 30.1 Å². The van der Waals surface area contributed by atoms with Gasteiger partial charge in [-0.1, -0.05) is 109 Å². The quantitative estimate of drug-likeness (QED) is 0.0812. The molecule has 250 valence electrons. The van der Waals surface area contributed by atoms with Crippen molar-refractivity contribution in [2.24, 2.45) is 23.7 Å². The minimum Gasteiger partial charge on any atom is -0.462 e. The number of carbonyl (C=O) groups excluding carboxylic acids is 4. The van der Waals surface area contributed by atoms with Gasteiger partial charge < -0.3 is 18.9 Å². The molecule has 0 amide bonds. The van der Waals surface area contributed by atoms with Gasteiger partial charge in [0, 0.05) is 0 Å². The van der Waals surface area contributed by atoms with Crippen molar-refractivity contribution >= 4 is 93.5 Å². The lowest BCUT2D eigenvalue weighted by molar-refractivity contribution is -0.156. The summed E-state index contributed by atoms with van der Waals surface area (Å²) in [6.45, 7) is 4.26. The maximum atomic E-state index is 13.0. The first-order valence-corrected chi connectivity index (χ1v) is 17.2. The second-order valence-corrected chi connectivity index (χ2v) is 14.3. The number of benzene rings is 2. The van der Waals surface area contributed by atoms with Crippen molar-refractivity contribution in [3.63, 3.8) is 0 Å². The second-order valence-electron chi connectivity index (χ2n) is 11.9. The fourth-order valence-corrected chi connectivity index (χ4v) is 6.36. The number of halogens is 6. The number of hydrogen-bond acceptors (Lipinski definition) is 8. The fraction of sp³-hybridized carbons (Fsp3) is 0.500. The third-order valence-corrected chi connectivity index (χ3v) is 9.91. The maximum Gasteiger partial charge on any atom is 0.423 e. The van der Waals surface area contributed by atoms with Crippen LogP contribution in [0.1, 0.15) is 85.9 Å². The molecule has 0 radical (unpaired) electrons. The Balaban J connectivity index is 1.47. The third kappa shape index (κ3) is 10.0. The van der Waals surface area contributed by atoms with E-state index < -0.39 is 46.5 Å². The van der Waals surface area contributed by atoms with E-state index in [-0.39, 0.29) is 43.3 Å². The van der Waals surface area contributed by atoms with E-state index in [0.717, 1.165) is 25.0 Å². The molecular formula is C32H32Cl6O8. The van der Waals surface area contributed by atoms with E-state index in [4.69, 9.17) is 88.6 Å². The molecule has 46 heavy (non-hydrogen) atoms. The van der Waals surface area contributed by atoms with Gasteiger partial charge in [-0.25, -0.2) is 19.2 Å². The molecule has 0 saturated heterocycles. The summed E-state index contributed by atoms with van der Waals surface area (Å²) in [5.41, 5.74) is -0.911. The van der Waals surface area contributed by atoms with Gasteiger partial charge in [-0.2, -0.15) is 0 Å². The molecule has 4 rings (SSSR count). The van der Waals surface area contributed by atoms with E-state index in [2.05, 4.69) is 13.8 Å². The van der Waals surface area contributed by atoms with Crippen molar-refractivity contribution in [3.8, 4) is 11.5 Å². The minimum absolute atomic E-state index is 0.0662. The highest BCUT2D eigenvalue weighted by Gasteiger charge is 2.32. The largest absolute Gasteiger partial charge is 0.462 e. The smallest absolute Gasteiger partial charge is 0.423 e. The predicted octanol–water partition coefficient (Wildman–Crippen LogP) is 10.1. The van der Waals surface area contributed by atoms with Crippen LogP contribution < -0.4 is 9.47 Å². The zero-order chi connectivity index (χ0) is 33.7. The molecule has 2 aromatic rings. The molecule has 2 fully saturated rings. The van der Waals surface area contributed by atoms with E-state index in [1.54, 1.807) is 0 Å². The monoisotopic (exact) mass is 754 g/mol. The highest BCUT2D eigenvalue weighted by molar-refractivity contribution is 6.47. The van der Waals surface area contributed by atoms with Crippen LogP contribution in [0, 0.1) is 23.7 Å². The average Bonchev–Trinajstić information content (AvgIpc) is 3.92. The number of esters is 4. The Kier molecular flexibility index (Phi) is 13.2. The van der Waals surface area contributed by atoms with Crippen LogP contribution >= 0.6 is 69.6 Å². The Morgan fingerprint density at radius 1 is 0.630 bits per heavy atom. The topological polar surface area (TPSA) is 105 Å². The van der Waals surface area contributed by atoms with Gasteiger partial charge in [0.05, 0.1) is 43.3 Å². The van der Waals surface area contributed by atoms with Crippen LogP contribution in [0.3, 0.4) is 0 Å². The summed E-state index contributed by atoms with van der Waals surface area (Å²) >= 11 is 37.3. The summed E-state index contributed by atoms with van der Waals surface area (Å²) in [6.07, 6.45) is 8.11. The van der Waals surface area contributed by atoms with E-state index in [1.807, 2.05) is 0 Å². The Morgan fingerprint density at radius 3 is 1.30 bits per heavy atom. The fourth-order valence-electron chi connectivity index (χ4n) is 4.92. The van der Waals surface area contributed by atoms with Gasteiger partial charge in [0.2, 0.25) is 0 Å². The summed E-state index contributed by atoms with van der Waals surface area (Å²) in [5.74, 6) is -4.27. The molecule has 2 aliphatic carbocycles. The highest BCUT2D eigenvalue weighted by Crippen LogP contribution is 2.42. The molecule has 14 heteroatoms. The Labute approximate surface area is 297 Å². The molecule has 2 unspecified atom stereocenters. The summed E-state index contributed by atoms with van der Waals surface area (Å²) in [5, 5.41) is -1.45. The van der Waals surface area contributed by atoms with E-state index in [9.17, 15) is 19.2 Å². The van der Waals surface area contributed by atoms with Gasteiger partial charge in [-0.3, -0.25) is 0 Å². The van der Waals surface area contributed by atoms with Crippen LogP contribution in [-0.4, -0.2) is 37.1 Å². The maximum absolute atomic E-state index is 13.0. The number of ether oxygens (including phenoxy) is 4. The first kappa shape index (κ1) is 36.9. The molecule has 8 nitrogen and oxygen atoms in total. The Morgan fingerprint density at radius 2 is 0.978 bits per heavy atom. The molecule has 0 heterocycles. The zero-order valence-electron chi connectivity index (χ0n) is 25.1. The predicted molar refractivity (Wildman–Crippen MR) is 177 cm³/mol. The molecule has 0 aliphatic heterocycles. The summed E-state index contributed by atoms with van der Waals surface area (Å²) in [4.78, 5) is 51.9. The van der Waals surface area contributed by atoms with Crippen LogP contribution in [0.25, 0.3) is 0 Å². The first-order chi connectivity index (χ1) is 21.8. The number of hydrogen-bond donors (Lipinski definition) is 0.